The van der Waals surface area contributed by atoms with Crippen LogP contribution in [-0.2, 0) is 4.79 Å². The Bertz CT molecular complexity index is 668. The Kier molecular flexibility index (Phi) is 5.62. The molecule has 0 aliphatic rings. The molecule has 6 heteroatoms. The summed E-state index contributed by atoms with van der Waals surface area (Å²) in [5, 5.41) is 9.81. The van der Waals surface area contributed by atoms with Crippen LogP contribution in [0.4, 0.5) is 17.1 Å². The number of hydrogen-bond acceptors (Lipinski definition) is 4. The Balaban J connectivity index is 1.84. The van der Waals surface area contributed by atoms with Crippen molar-refractivity contribution in [1.82, 2.24) is 0 Å². The number of nitrogens with zero attached hydrogens (tertiary/aromatic N) is 1. The van der Waals surface area contributed by atoms with Gasteiger partial charge in [0.15, 0.2) is 0 Å². The van der Waals surface area contributed by atoms with Crippen LogP contribution < -0.4 is 16.1 Å². The van der Waals surface area contributed by atoms with Crippen LogP contribution in [0, 0.1) is 0 Å². The molecule has 2 aromatic rings. The molecule has 1 amide bonds. The first-order chi connectivity index (χ1) is 10.6. The van der Waals surface area contributed by atoms with E-state index in [4.69, 9.17) is 12.2 Å². The third kappa shape index (κ3) is 5.34. The third-order valence-corrected chi connectivity index (χ3v) is 2.83. The lowest BCUT2D eigenvalue weighted by Gasteiger charge is -2.05. The van der Waals surface area contributed by atoms with Gasteiger partial charge in [0.2, 0.25) is 5.91 Å². The van der Waals surface area contributed by atoms with Gasteiger partial charge < -0.3 is 10.6 Å². The van der Waals surface area contributed by atoms with Gasteiger partial charge in [-0.05, 0) is 36.4 Å². The van der Waals surface area contributed by atoms with E-state index in [-0.39, 0.29) is 5.91 Å². The van der Waals surface area contributed by atoms with E-state index in [0.717, 1.165) is 17.1 Å². The molecule has 22 heavy (non-hydrogen) atoms. The molecule has 2 rings (SSSR count). The third-order valence-electron chi connectivity index (χ3n) is 2.62. The van der Waals surface area contributed by atoms with Gasteiger partial charge in [0.25, 0.3) is 0 Å². The van der Waals surface area contributed by atoms with Gasteiger partial charge in [0.1, 0.15) is 4.99 Å². The van der Waals surface area contributed by atoms with Crippen molar-refractivity contribution in [3.8, 4) is 0 Å². The second-order valence-electron chi connectivity index (χ2n) is 4.48. The van der Waals surface area contributed by atoms with E-state index in [1.54, 1.807) is 12.1 Å². The van der Waals surface area contributed by atoms with Gasteiger partial charge >= 0.3 is 0 Å². The predicted octanol–water partition coefficient (Wildman–Crippen LogP) is 3.48. The van der Waals surface area contributed by atoms with Gasteiger partial charge in [-0.2, -0.15) is 5.10 Å². The lowest BCUT2D eigenvalue weighted by molar-refractivity contribution is -0.114. The first kappa shape index (κ1) is 15.7. The van der Waals surface area contributed by atoms with Gasteiger partial charge in [0, 0.05) is 18.3 Å². The molecule has 0 unspecified atom stereocenters. The number of anilines is 3. The van der Waals surface area contributed by atoms with Gasteiger partial charge in [-0.3, -0.25) is 10.2 Å². The molecule has 0 aromatic heterocycles. The molecule has 0 saturated carbocycles. The summed E-state index contributed by atoms with van der Waals surface area (Å²) >= 11 is 5.17. The number of carbonyl (C=O) groups excluding carboxylic acids is 1. The van der Waals surface area contributed by atoms with Crippen LogP contribution in [-0.4, -0.2) is 17.1 Å². The summed E-state index contributed by atoms with van der Waals surface area (Å²) in [6.45, 7) is 1.47. The minimum atomic E-state index is -0.101. The maximum Gasteiger partial charge on any atom is 0.221 e. The SMILES string of the molecule is CC(=O)Nc1ccc(NN=CC(=S)Nc2ccccc2)cc1. The van der Waals surface area contributed by atoms with E-state index in [9.17, 15) is 4.79 Å². The molecule has 0 aliphatic heterocycles. The number of nitrogens with one attached hydrogen (secondary N) is 3. The molecule has 0 saturated heterocycles. The van der Waals surface area contributed by atoms with Crippen molar-refractivity contribution in [3.05, 3.63) is 54.6 Å². The van der Waals surface area contributed by atoms with Crippen LogP contribution in [0.1, 0.15) is 6.92 Å². The van der Waals surface area contributed by atoms with Crippen LogP contribution in [0.25, 0.3) is 0 Å². The Labute approximate surface area is 134 Å². The molecular formula is C16H16N4OS. The number of thiocarbonyl (C=S) groups is 1. The molecule has 0 radical (unpaired) electrons. The molecule has 2 aromatic carbocycles. The number of rotatable bonds is 5. The molecule has 0 heterocycles. The van der Waals surface area contributed by atoms with E-state index >= 15 is 0 Å². The Morgan fingerprint density at radius 3 is 2.18 bits per heavy atom. The van der Waals surface area contributed by atoms with E-state index in [2.05, 4.69) is 21.2 Å². The lowest BCUT2D eigenvalue weighted by Crippen LogP contribution is -2.10. The van der Waals surface area contributed by atoms with E-state index < -0.39 is 0 Å². The van der Waals surface area contributed by atoms with Gasteiger partial charge in [0.05, 0.1) is 11.9 Å². The number of hydrogen-bond donors (Lipinski definition) is 3. The summed E-state index contributed by atoms with van der Waals surface area (Å²) < 4.78 is 0. The lowest BCUT2D eigenvalue weighted by atomic mass is 10.3. The second-order valence-corrected chi connectivity index (χ2v) is 4.92. The molecule has 0 atom stereocenters. The zero-order chi connectivity index (χ0) is 15.8. The minimum Gasteiger partial charge on any atom is -0.345 e. The van der Waals surface area contributed by atoms with Crippen molar-refractivity contribution in [2.24, 2.45) is 5.10 Å². The van der Waals surface area contributed by atoms with Crippen molar-refractivity contribution in [3.63, 3.8) is 0 Å². The average Bonchev–Trinajstić information content (AvgIpc) is 2.49. The molecule has 0 aliphatic carbocycles. The number of para-hydroxylation sites is 1. The Morgan fingerprint density at radius 2 is 1.55 bits per heavy atom. The number of amides is 1. The largest absolute Gasteiger partial charge is 0.345 e. The fourth-order valence-electron chi connectivity index (χ4n) is 1.69. The normalized spacial score (nSPS) is 10.2. The summed E-state index contributed by atoms with van der Waals surface area (Å²) in [6, 6.07) is 16.9. The molecule has 0 bridgehead atoms. The molecule has 112 valence electrons. The van der Waals surface area contributed by atoms with Gasteiger partial charge in [-0.25, -0.2) is 0 Å². The number of carbonyl (C=O) groups is 1. The first-order valence-corrected chi connectivity index (χ1v) is 7.07. The van der Waals surface area contributed by atoms with Crippen LogP contribution in [0.2, 0.25) is 0 Å². The van der Waals surface area contributed by atoms with Crippen molar-refractivity contribution in [1.29, 1.82) is 0 Å². The van der Waals surface area contributed by atoms with Gasteiger partial charge in [-0.1, -0.05) is 30.4 Å². The molecule has 0 spiro atoms. The quantitative estimate of drug-likeness (QED) is 0.449. The molecule has 3 N–H and O–H groups in total. The van der Waals surface area contributed by atoms with Crippen LogP contribution in [0.15, 0.2) is 59.7 Å². The summed E-state index contributed by atoms with van der Waals surface area (Å²) in [5.74, 6) is -0.101. The van der Waals surface area contributed by atoms with Crippen LogP contribution in [0.3, 0.4) is 0 Å². The first-order valence-electron chi connectivity index (χ1n) is 6.66. The van der Waals surface area contributed by atoms with E-state index in [1.165, 1.54) is 13.1 Å². The predicted molar refractivity (Wildman–Crippen MR) is 95.5 cm³/mol. The fraction of sp³-hybridized carbons (Fsp3) is 0.0625. The van der Waals surface area contributed by atoms with Crippen molar-refractivity contribution in [2.45, 2.75) is 6.92 Å². The Hall–Kier alpha value is -2.73. The van der Waals surface area contributed by atoms with Crippen LogP contribution >= 0.6 is 12.2 Å². The summed E-state index contributed by atoms with van der Waals surface area (Å²) in [7, 11) is 0. The van der Waals surface area contributed by atoms with Gasteiger partial charge in [-0.15, -0.1) is 0 Å². The standard InChI is InChI=1S/C16H16N4OS/c1-12(21)18-14-7-9-15(10-8-14)20-17-11-16(22)19-13-5-3-2-4-6-13/h2-11,20H,1H3,(H,18,21)(H,19,22). The summed E-state index contributed by atoms with van der Waals surface area (Å²) in [5.41, 5.74) is 5.32. The second kappa shape index (κ2) is 7.90. The number of hydrazone groups is 1. The monoisotopic (exact) mass is 312 g/mol. The minimum absolute atomic E-state index is 0.101. The Morgan fingerprint density at radius 1 is 0.955 bits per heavy atom. The highest BCUT2D eigenvalue weighted by Crippen LogP contribution is 2.13. The summed E-state index contributed by atoms with van der Waals surface area (Å²) in [4.78, 5) is 11.4. The maximum atomic E-state index is 10.9. The number of benzene rings is 2. The zero-order valence-corrected chi connectivity index (χ0v) is 12.9. The molecular weight excluding hydrogens is 296 g/mol. The van der Waals surface area contributed by atoms with E-state index in [1.807, 2.05) is 42.5 Å². The highest BCUT2D eigenvalue weighted by atomic mass is 32.1. The molecule has 0 fully saturated rings. The molecule has 5 nitrogen and oxygen atoms in total. The summed E-state index contributed by atoms with van der Waals surface area (Å²) in [6.07, 6.45) is 1.53. The smallest absolute Gasteiger partial charge is 0.221 e. The fourth-order valence-corrected chi connectivity index (χ4v) is 1.86. The van der Waals surface area contributed by atoms with Crippen molar-refractivity contribution >= 4 is 46.4 Å². The van der Waals surface area contributed by atoms with E-state index in [0.29, 0.717) is 4.99 Å². The highest BCUT2D eigenvalue weighted by Gasteiger charge is 1.96. The van der Waals surface area contributed by atoms with Crippen LogP contribution in [0.5, 0.6) is 0 Å². The average molecular weight is 312 g/mol. The highest BCUT2D eigenvalue weighted by molar-refractivity contribution is 7.82. The van der Waals surface area contributed by atoms with Crippen molar-refractivity contribution < 1.29 is 4.79 Å². The topological polar surface area (TPSA) is 65.5 Å². The zero-order valence-electron chi connectivity index (χ0n) is 12.0. The maximum absolute atomic E-state index is 10.9. The van der Waals surface area contributed by atoms with Crippen molar-refractivity contribution in [2.75, 3.05) is 16.1 Å².